The van der Waals surface area contributed by atoms with Gasteiger partial charge < -0.3 is 24.8 Å². The van der Waals surface area contributed by atoms with Crippen molar-refractivity contribution in [2.75, 3.05) is 22.9 Å². The molecule has 0 aromatic heterocycles. The van der Waals surface area contributed by atoms with E-state index in [0.29, 0.717) is 7.92 Å². The van der Waals surface area contributed by atoms with Crippen LogP contribution in [0.15, 0.2) is 66.7 Å². The van der Waals surface area contributed by atoms with E-state index in [0.717, 1.165) is 19.5 Å². The minimum Gasteiger partial charge on any atom is -1.00 e. The molecule has 3 aliphatic carbocycles. The third-order valence-electron chi connectivity index (χ3n) is 11.5. The van der Waals surface area contributed by atoms with Crippen LogP contribution in [-0.4, -0.2) is 39.0 Å². The summed E-state index contributed by atoms with van der Waals surface area (Å²) in [7, 11) is 0.385. The average molecular weight is 835 g/mol. The molecular weight excluding hydrogens is 771 g/mol. The standard InChI is InChI=1S/C20H24N2.C18H33P.C7H6.2ClH.Ru/c1-15-6-8-19(17(3)12-15)21-10-5-11-22(14-21)20-9-7-16(2)13-18(20)4;1-4-10-16(11-5-1)19(17-12-6-2-7-13-17)18-14-8-3-9-15-18;1-7-5-3-2-4-6-7;;;/h6-9,12-13H,5,10-11H2,1-4H3;16-18H,1-15H2;1-6H;2*1H;/q;;;;;+2/p-2. The van der Waals surface area contributed by atoms with Gasteiger partial charge in [0.05, 0.1) is 0 Å². The minimum atomic E-state index is -0.0844. The molecule has 0 atom stereocenters. The fraction of sp³-hybridized carbons (Fsp3) is 0.556. The normalized spacial score (nSPS) is 19.0. The molecule has 0 bridgehead atoms. The zero-order valence-corrected chi connectivity index (χ0v) is 36.0. The van der Waals surface area contributed by atoms with Crippen molar-refractivity contribution in [1.29, 1.82) is 0 Å². The first-order valence-corrected chi connectivity index (χ1v) is 23.2. The van der Waals surface area contributed by atoms with Gasteiger partial charge in [-0.15, -0.1) is 0 Å². The zero-order chi connectivity index (χ0) is 34.0. The molecule has 1 aliphatic heterocycles. The monoisotopic (exact) mass is 834 g/mol. The Morgan fingerprint density at radius 1 is 0.529 bits per heavy atom. The molecule has 3 aromatic rings. The summed E-state index contributed by atoms with van der Waals surface area (Å²) in [5, 5.41) is 0. The molecule has 0 N–H and O–H groups in total. The Morgan fingerprint density at radius 2 is 0.941 bits per heavy atom. The first kappa shape index (κ1) is 42.4. The molecule has 0 unspecified atom stereocenters. The van der Waals surface area contributed by atoms with Gasteiger partial charge in [-0.1, -0.05) is 65.7 Å². The van der Waals surface area contributed by atoms with Gasteiger partial charge in [0.1, 0.15) is 0 Å². The molecule has 0 amide bonds. The summed E-state index contributed by atoms with van der Waals surface area (Å²) >= 11 is -0.0844. The predicted molar refractivity (Wildman–Crippen MR) is 215 cm³/mol. The Labute approximate surface area is 332 Å². The molecular formula is C45H63Cl2N2PRu. The first-order valence-electron chi connectivity index (χ1n) is 19.8. The fourth-order valence-corrected chi connectivity index (χ4v) is 16.0. The van der Waals surface area contributed by atoms with E-state index in [2.05, 4.69) is 109 Å². The SMILES string of the molecule is C1CCC(P(C2CCCCC2)C2CCCCC2)CC1.Cc1ccc(N2CCCN(c3ccc(C)cc3C)[C]2=[Ru+2]=[CH]c2ccccc2)c(C)c1.[Cl-].[Cl-]. The third kappa shape index (κ3) is 11.6. The number of hydrogen-bond acceptors (Lipinski definition) is 2. The summed E-state index contributed by atoms with van der Waals surface area (Å²) in [4.78, 5) is 5.16. The molecule has 51 heavy (non-hydrogen) atoms. The first-order chi connectivity index (χ1) is 24.0. The van der Waals surface area contributed by atoms with Gasteiger partial charge in [-0.2, -0.15) is 0 Å². The van der Waals surface area contributed by atoms with Crippen molar-refractivity contribution >= 4 is 28.3 Å². The molecule has 0 spiro atoms. The van der Waals surface area contributed by atoms with Crippen LogP contribution in [0.4, 0.5) is 11.4 Å². The Balaban J connectivity index is 0.000000241. The number of aryl methyl sites for hydroxylation is 4. The summed E-state index contributed by atoms with van der Waals surface area (Å²) < 4.78 is 3.90. The molecule has 7 rings (SSSR count). The molecule has 2 nitrogen and oxygen atoms in total. The topological polar surface area (TPSA) is 6.48 Å². The maximum Gasteiger partial charge on any atom is -1.00 e. The summed E-state index contributed by atoms with van der Waals surface area (Å²) in [6, 6.07) is 24.5. The van der Waals surface area contributed by atoms with E-state index in [4.69, 9.17) is 0 Å². The van der Waals surface area contributed by atoms with Crippen LogP contribution >= 0.6 is 7.92 Å². The summed E-state index contributed by atoms with van der Waals surface area (Å²) in [5.74, 6) is 0. The molecule has 0 radical (unpaired) electrons. The van der Waals surface area contributed by atoms with E-state index in [1.54, 1.807) is 77.0 Å². The predicted octanol–water partition coefficient (Wildman–Crippen LogP) is 6.13. The van der Waals surface area contributed by atoms with Crippen molar-refractivity contribution in [3.63, 3.8) is 0 Å². The van der Waals surface area contributed by atoms with Gasteiger partial charge >= 0.3 is 188 Å². The van der Waals surface area contributed by atoms with E-state index in [1.165, 1.54) is 79.8 Å². The van der Waals surface area contributed by atoms with Crippen LogP contribution in [0.5, 0.6) is 0 Å². The minimum absolute atomic E-state index is 0. The second-order valence-corrected chi connectivity index (χ2v) is 20.3. The maximum absolute atomic E-state index is 2.58. The molecule has 4 aliphatic rings. The van der Waals surface area contributed by atoms with Gasteiger partial charge in [0.2, 0.25) is 0 Å². The maximum atomic E-state index is 2.58. The summed E-state index contributed by atoms with van der Waals surface area (Å²) in [6.45, 7) is 11.0. The fourth-order valence-electron chi connectivity index (χ4n) is 9.13. The smallest absolute Gasteiger partial charge is 1.00 e. The molecule has 280 valence electrons. The molecule has 1 saturated heterocycles. The molecule has 4 fully saturated rings. The van der Waals surface area contributed by atoms with Gasteiger partial charge in [-0.25, -0.2) is 0 Å². The van der Waals surface area contributed by atoms with Gasteiger partial charge in [0.15, 0.2) is 0 Å². The molecule has 3 aromatic carbocycles. The summed E-state index contributed by atoms with van der Waals surface area (Å²) in [6.07, 6.45) is 24.8. The molecule has 3 saturated carbocycles. The van der Waals surface area contributed by atoms with Gasteiger partial charge in [0.25, 0.3) is 0 Å². The van der Waals surface area contributed by atoms with Gasteiger partial charge in [-0.3, -0.25) is 0 Å². The van der Waals surface area contributed by atoms with Crippen LogP contribution in [-0.2, 0) is 16.2 Å². The second-order valence-electron chi connectivity index (χ2n) is 15.4. The quantitative estimate of drug-likeness (QED) is 0.218. The van der Waals surface area contributed by atoms with Crippen molar-refractivity contribution in [2.24, 2.45) is 0 Å². The van der Waals surface area contributed by atoms with Crippen molar-refractivity contribution < 1.29 is 41.0 Å². The number of nitrogens with zero attached hydrogens (tertiary/aromatic N) is 2. The van der Waals surface area contributed by atoms with Crippen LogP contribution in [0.1, 0.15) is 131 Å². The number of halogens is 2. The largest absolute Gasteiger partial charge is 1.00 e. The van der Waals surface area contributed by atoms with Crippen molar-refractivity contribution in [1.82, 2.24) is 0 Å². The number of anilines is 2. The van der Waals surface area contributed by atoms with Crippen molar-refractivity contribution in [3.05, 3.63) is 94.5 Å². The van der Waals surface area contributed by atoms with E-state index in [-0.39, 0.29) is 41.0 Å². The number of benzene rings is 3. The van der Waals surface area contributed by atoms with Crippen LogP contribution < -0.4 is 34.6 Å². The van der Waals surface area contributed by atoms with E-state index < -0.39 is 0 Å². The van der Waals surface area contributed by atoms with Crippen LogP contribution in [0, 0.1) is 27.7 Å². The zero-order valence-electron chi connectivity index (χ0n) is 31.8. The average Bonchev–Trinajstić information content (AvgIpc) is 3.13. The van der Waals surface area contributed by atoms with Crippen LogP contribution in [0.25, 0.3) is 0 Å². The number of rotatable bonds is 6. The Hall–Kier alpha value is -1.37. The number of hydrogen-bond donors (Lipinski definition) is 0. The van der Waals surface area contributed by atoms with E-state index in [9.17, 15) is 0 Å². The second kappa shape index (κ2) is 21.5. The van der Waals surface area contributed by atoms with Gasteiger partial charge in [0, 0.05) is 0 Å². The van der Waals surface area contributed by atoms with Crippen molar-refractivity contribution in [2.45, 2.75) is 147 Å². The summed E-state index contributed by atoms with van der Waals surface area (Å²) in [5.41, 5.74) is 12.9. The van der Waals surface area contributed by atoms with Crippen LogP contribution in [0.2, 0.25) is 0 Å². The van der Waals surface area contributed by atoms with Gasteiger partial charge in [-0.05, 0) is 55.5 Å². The van der Waals surface area contributed by atoms with E-state index >= 15 is 0 Å². The van der Waals surface area contributed by atoms with E-state index in [1.807, 2.05) is 0 Å². The Morgan fingerprint density at radius 3 is 1.33 bits per heavy atom. The Kier molecular flexibility index (Phi) is 17.9. The molecule has 6 heteroatoms. The third-order valence-corrected chi connectivity index (χ3v) is 17.8. The Bertz CT molecular complexity index is 1450. The van der Waals surface area contributed by atoms with Crippen molar-refractivity contribution in [3.8, 4) is 0 Å². The van der Waals surface area contributed by atoms with Crippen LogP contribution in [0.3, 0.4) is 0 Å². The molecule has 1 heterocycles.